The van der Waals surface area contributed by atoms with Gasteiger partial charge in [-0.25, -0.2) is 9.59 Å². The summed E-state index contributed by atoms with van der Waals surface area (Å²) in [5.41, 5.74) is 0.968. The SMILES string of the molecule is CC(=CCCCCNC(=O)Nc1cccc2c(O)cccc12)C(=O)O. The van der Waals surface area contributed by atoms with Crippen LogP contribution < -0.4 is 10.6 Å². The Morgan fingerprint density at radius 1 is 1.08 bits per heavy atom. The lowest BCUT2D eigenvalue weighted by atomic mass is 10.1. The summed E-state index contributed by atoms with van der Waals surface area (Å²) in [5.74, 6) is -0.732. The molecule has 0 aliphatic rings. The molecule has 0 aromatic heterocycles. The number of benzene rings is 2. The number of allylic oxidation sites excluding steroid dienone is 1. The highest BCUT2D eigenvalue weighted by molar-refractivity contribution is 6.03. The molecule has 0 unspecified atom stereocenters. The molecule has 0 saturated carbocycles. The van der Waals surface area contributed by atoms with Crippen LogP contribution in [0, 0.1) is 0 Å². The van der Waals surface area contributed by atoms with Crippen LogP contribution in [0.25, 0.3) is 10.8 Å². The van der Waals surface area contributed by atoms with Crippen LogP contribution in [0.3, 0.4) is 0 Å². The second-order valence-corrected chi connectivity index (χ2v) is 5.75. The molecule has 6 nitrogen and oxygen atoms in total. The van der Waals surface area contributed by atoms with Gasteiger partial charge in [0, 0.05) is 22.9 Å². The van der Waals surface area contributed by atoms with Gasteiger partial charge in [0.25, 0.3) is 0 Å². The zero-order valence-electron chi connectivity index (χ0n) is 14.1. The highest BCUT2D eigenvalue weighted by atomic mass is 16.4. The molecule has 2 rings (SSSR count). The molecule has 0 heterocycles. The van der Waals surface area contributed by atoms with Gasteiger partial charge in [-0.2, -0.15) is 0 Å². The maximum atomic E-state index is 12.0. The van der Waals surface area contributed by atoms with Crippen molar-refractivity contribution >= 4 is 28.5 Å². The number of carbonyl (C=O) groups excluding carboxylic acids is 1. The van der Waals surface area contributed by atoms with E-state index in [1.165, 1.54) is 0 Å². The zero-order chi connectivity index (χ0) is 18.2. The Hall–Kier alpha value is -3.02. The van der Waals surface area contributed by atoms with Gasteiger partial charge in [-0.1, -0.05) is 30.3 Å². The first-order valence-electron chi connectivity index (χ1n) is 8.14. The Bertz CT molecular complexity index is 799. The number of hydrogen-bond acceptors (Lipinski definition) is 3. The Balaban J connectivity index is 1.81. The molecule has 2 amide bonds. The lowest BCUT2D eigenvalue weighted by Gasteiger charge is -2.10. The van der Waals surface area contributed by atoms with E-state index in [2.05, 4.69) is 10.6 Å². The number of rotatable bonds is 7. The number of fused-ring (bicyclic) bond motifs is 1. The van der Waals surface area contributed by atoms with E-state index >= 15 is 0 Å². The molecular formula is C19H22N2O4. The van der Waals surface area contributed by atoms with E-state index in [-0.39, 0.29) is 11.8 Å². The summed E-state index contributed by atoms with van der Waals surface area (Å²) in [6.45, 7) is 2.07. The van der Waals surface area contributed by atoms with E-state index in [1.54, 1.807) is 43.3 Å². The van der Waals surface area contributed by atoms with Gasteiger partial charge < -0.3 is 20.8 Å². The minimum Gasteiger partial charge on any atom is -0.507 e. The van der Waals surface area contributed by atoms with Crippen molar-refractivity contribution < 1.29 is 19.8 Å². The molecule has 4 N–H and O–H groups in total. The van der Waals surface area contributed by atoms with Crippen molar-refractivity contribution in [2.24, 2.45) is 0 Å². The van der Waals surface area contributed by atoms with Crippen molar-refractivity contribution in [2.45, 2.75) is 26.2 Å². The van der Waals surface area contributed by atoms with Crippen molar-refractivity contribution in [3.8, 4) is 5.75 Å². The number of urea groups is 1. The van der Waals surface area contributed by atoms with Crippen LogP contribution in [0.15, 0.2) is 48.0 Å². The fourth-order valence-electron chi connectivity index (χ4n) is 2.45. The van der Waals surface area contributed by atoms with Gasteiger partial charge in [0.2, 0.25) is 0 Å². The molecular weight excluding hydrogens is 320 g/mol. The first kappa shape index (κ1) is 18.3. The van der Waals surface area contributed by atoms with E-state index in [1.807, 2.05) is 6.07 Å². The van der Waals surface area contributed by atoms with Crippen LogP contribution in [-0.4, -0.2) is 28.8 Å². The van der Waals surface area contributed by atoms with E-state index < -0.39 is 5.97 Å². The number of carboxylic acid groups (broad SMARTS) is 1. The number of phenolic OH excluding ortho intramolecular Hbond substituents is 1. The summed E-state index contributed by atoms with van der Waals surface area (Å²) in [6.07, 6.45) is 3.91. The number of hydrogen-bond donors (Lipinski definition) is 4. The summed E-state index contributed by atoms with van der Waals surface area (Å²) in [7, 11) is 0. The predicted octanol–water partition coefficient (Wildman–Crippen LogP) is 3.87. The third-order valence-electron chi connectivity index (χ3n) is 3.85. The molecule has 0 spiro atoms. The maximum Gasteiger partial charge on any atom is 0.330 e. The van der Waals surface area contributed by atoms with Gasteiger partial charge in [-0.3, -0.25) is 0 Å². The van der Waals surface area contributed by atoms with E-state index in [0.29, 0.717) is 29.6 Å². The number of unbranched alkanes of at least 4 members (excludes halogenated alkanes) is 2. The molecule has 0 bridgehead atoms. The number of carbonyl (C=O) groups is 2. The fourth-order valence-corrected chi connectivity index (χ4v) is 2.45. The molecule has 2 aromatic rings. The first-order valence-corrected chi connectivity index (χ1v) is 8.14. The van der Waals surface area contributed by atoms with Gasteiger partial charge in [0.05, 0.1) is 5.69 Å². The molecule has 132 valence electrons. The number of phenols is 1. The average molecular weight is 342 g/mol. The van der Waals surface area contributed by atoms with Gasteiger partial charge in [-0.15, -0.1) is 0 Å². The number of aliphatic carboxylic acids is 1. The highest BCUT2D eigenvalue weighted by Gasteiger charge is 2.07. The Morgan fingerprint density at radius 2 is 1.80 bits per heavy atom. The standard InChI is InChI=1S/C19H22N2O4/c1-13(18(23)24)7-3-2-4-12-20-19(25)21-16-10-5-9-15-14(16)8-6-11-17(15)22/h5-11,22H,2-4,12H2,1H3,(H,23,24)(H2,20,21,25). The molecule has 0 aliphatic heterocycles. The Labute approximate surface area is 146 Å². The normalized spacial score (nSPS) is 11.3. The maximum absolute atomic E-state index is 12.0. The third kappa shape index (κ3) is 5.24. The second kappa shape index (κ2) is 8.73. The molecule has 0 atom stereocenters. The van der Waals surface area contributed by atoms with Crippen LogP contribution in [0.4, 0.5) is 10.5 Å². The molecule has 0 aliphatic carbocycles. The monoisotopic (exact) mass is 342 g/mol. The van der Waals surface area contributed by atoms with Crippen LogP contribution in [-0.2, 0) is 4.79 Å². The van der Waals surface area contributed by atoms with E-state index in [9.17, 15) is 14.7 Å². The molecule has 0 radical (unpaired) electrons. The summed E-state index contributed by atoms with van der Waals surface area (Å²) in [4.78, 5) is 22.6. The van der Waals surface area contributed by atoms with Crippen molar-refractivity contribution in [2.75, 3.05) is 11.9 Å². The highest BCUT2D eigenvalue weighted by Crippen LogP contribution is 2.29. The quantitative estimate of drug-likeness (QED) is 0.453. The molecule has 0 fully saturated rings. The minimum absolute atomic E-state index is 0.172. The van der Waals surface area contributed by atoms with Crippen LogP contribution in [0.5, 0.6) is 5.75 Å². The Kier molecular flexibility index (Phi) is 6.39. The first-order chi connectivity index (χ1) is 12.0. The number of amides is 2. The van der Waals surface area contributed by atoms with Crippen molar-refractivity contribution in [1.29, 1.82) is 0 Å². The Morgan fingerprint density at radius 3 is 2.56 bits per heavy atom. The largest absolute Gasteiger partial charge is 0.507 e. The van der Waals surface area contributed by atoms with Crippen molar-refractivity contribution in [3.05, 3.63) is 48.0 Å². The van der Waals surface area contributed by atoms with E-state index in [0.717, 1.165) is 18.2 Å². The zero-order valence-corrected chi connectivity index (χ0v) is 14.1. The summed E-state index contributed by atoms with van der Waals surface area (Å²) in [5, 5.41) is 25.6. The topological polar surface area (TPSA) is 98.7 Å². The number of anilines is 1. The van der Waals surface area contributed by atoms with Gasteiger partial charge in [-0.05, 0) is 38.3 Å². The number of carboxylic acids is 1. The fraction of sp³-hybridized carbons (Fsp3) is 0.263. The lowest BCUT2D eigenvalue weighted by molar-refractivity contribution is -0.132. The van der Waals surface area contributed by atoms with Gasteiger partial charge in [0.1, 0.15) is 5.75 Å². The number of nitrogens with one attached hydrogen (secondary N) is 2. The average Bonchev–Trinajstić information content (AvgIpc) is 2.58. The molecule has 25 heavy (non-hydrogen) atoms. The number of aromatic hydroxyl groups is 1. The lowest BCUT2D eigenvalue weighted by Crippen LogP contribution is -2.29. The van der Waals surface area contributed by atoms with Gasteiger partial charge >= 0.3 is 12.0 Å². The molecule has 6 heteroatoms. The summed E-state index contributed by atoms with van der Waals surface area (Å²) in [6, 6.07) is 10.2. The smallest absolute Gasteiger partial charge is 0.330 e. The second-order valence-electron chi connectivity index (χ2n) is 5.75. The third-order valence-corrected chi connectivity index (χ3v) is 3.85. The summed E-state index contributed by atoms with van der Waals surface area (Å²) >= 11 is 0. The van der Waals surface area contributed by atoms with Crippen molar-refractivity contribution in [3.63, 3.8) is 0 Å². The summed E-state index contributed by atoms with van der Waals surface area (Å²) < 4.78 is 0. The van der Waals surface area contributed by atoms with Crippen LogP contribution in [0.2, 0.25) is 0 Å². The van der Waals surface area contributed by atoms with Gasteiger partial charge in [0.15, 0.2) is 0 Å². The minimum atomic E-state index is -0.904. The predicted molar refractivity (Wildman–Crippen MR) is 97.9 cm³/mol. The van der Waals surface area contributed by atoms with Crippen LogP contribution in [0.1, 0.15) is 26.2 Å². The molecule has 2 aromatic carbocycles. The van der Waals surface area contributed by atoms with E-state index in [4.69, 9.17) is 5.11 Å². The van der Waals surface area contributed by atoms with Crippen molar-refractivity contribution in [1.82, 2.24) is 5.32 Å². The van der Waals surface area contributed by atoms with Crippen LogP contribution >= 0.6 is 0 Å². The molecule has 0 saturated heterocycles.